The molecule has 0 aliphatic carbocycles. The van der Waals surface area contributed by atoms with Crippen LogP contribution in [0, 0.1) is 5.82 Å². The van der Waals surface area contributed by atoms with Crippen molar-refractivity contribution < 1.29 is 8.81 Å². The van der Waals surface area contributed by atoms with Crippen LogP contribution < -0.4 is 5.32 Å². The quantitative estimate of drug-likeness (QED) is 0.838. The molecule has 1 heterocycles. The molecule has 0 saturated heterocycles. The Hall–Kier alpha value is -1.32. The summed E-state index contributed by atoms with van der Waals surface area (Å²) in [5.74, 6) is 1.03. The van der Waals surface area contributed by atoms with Crippen LogP contribution in [0.4, 0.5) is 4.39 Å². The van der Waals surface area contributed by atoms with Gasteiger partial charge >= 0.3 is 0 Å². The first-order valence-corrected chi connectivity index (χ1v) is 7.25. The van der Waals surface area contributed by atoms with E-state index in [1.807, 2.05) is 6.07 Å². The topological polar surface area (TPSA) is 25.2 Å². The van der Waals surface area contributed by atoms with Crippen LogP contribution in [0.15, 0.2) is 34.7 Å². The average Bonchev–Trinajstić information content (AvgIpc) is 2.84. The highest BCUT2D eigenvalue weighted by Crippen LogP contribution is 2.27. The van der Waals surface area contributed by atoms with Crippen molar-refractivity contribution in [1.29, 1.82) is 0 Å². The SMILES string of the molecule is CCCNC(C)Cc1ccc(-c2ccc(Cl)cc2F)o1. The number of furan rings is 1. The van der Waals surface area contributed by atoms with Gasteiger partial charge in [0.1, 0.15) is 17.3 Å². The Kier molecular flexibility index (Phi) is 5.21. The Morgan fingerprint density at radius 1 is 1.30 bits per heavy atom. The van der Waals surface area contributed by atoms with Gasteiger partial charge in [0.25, 0.3) is 0 Å². The van der Waals surface area contributed by atoms with E-state index in [1.165, 1.54) is 6.07 Å². The molecule has 1 N–H and O–H groups in total. The molecule has 1 atom stereocenters. The summed E-state index contributed by atoms with van der Waals surface area (Å²) in [4.78, 5) is 0. The van der Waals surface area contributed by atoms with Gasteiger partial charge in [-0.3, -0.25) is 0 Å². The van der Waals surface area contributed by atoms with Gasteiger partial charge in [0.2, 0.25) is 0 Å². The molecule has 2 aromatic rings. The van der Waals surface area contributed by atoms with Crippen LogP contribution in [0.5, 0.6) is 0 Å². The molecule has 20 heavy (non-hydrogen) atoms. The molecule has 0 amide bonds. The van der Waals surface area contributed by atoms with Gasteiger partial charge in [0.05, 0.1) is 5.56 Å². The van der Waals surface area contributed by atoms with Crippen molar-refractivity contribution in [2.75, 3.05) is 6.54 Å². The van der Waals surface area contributed by atoms with Crippen LogP contribution in [0.3, 0.4) is 0 Å². The molecule has 0 radical (unpaired) electrons. The first-order chi connectivity index (χ1) is 9.60. The lowest BCUT2D eigenvalue weighted by Gasteiger charge is -2.11. The van der Waals surface area contributed by atoms with Crippen LogP contribution in [-0.4, -0.2) is 12.6 Å². The molecule has 1 aromatic carbocycles. The fourth-order valence-corrected chi connectivity index (χ4v) is 2.25. The van der Waals surface area contributed by atoms with Crippen molar-refractivity contribution in [3.63, 3.8) is 0 Å². The Bertz CT molecular complexity index is 567. The van der Waals surface area contributed by atoms with E-state index in [1.54, 1.807) is 18.2 Å². The maximum absolute atomic E-state index is 13.8. The lowest BCUT2D eigenvalue weighted by atomic mass is 10.1. The standard InChI is InChI=1S/C16H19ClFNO/c1-3-8-19-11(2)9-13-5-7-16(20-13)14-6-4-12(17)10-15(14)18/h4-7,10-11,19H,3,8-9H2,1-2H3. The zero-order chi connectivity index (χ0) is 14.5. The van der Waals surface area contributed by atoms with Gasteiger partial charge in [-0.1, -0.05) is 18.5 Å². The van der Waals surface area contributed by atoms with E-state index in [9.17, 15) is 4.39 Å². The third kappa shape index (κ3) is 3.84. The highest BCUT2D eigenvalue weighted by Gasteiger charge is 2.12. The smallest absolute Gasteiger partial charge is 0.137 e. The molecule has 108 valence electrons. The van der Waals surface area contributed by atoms with Gasteiger partial charge in [-0.05, 0) is 50.2 Å². The second-order valence-corrected chi connectivity index (χ2v) is 5.39. The van der Waals surface area contributed by atoms with E-state index in [0.717, 1.165) is 25.1 Å². The second kappa shape index (κ2) is 6.91. The van der Waals surface area contributed by atoms with Gasteiger partial charge < -0.3 is 9.73 Å². The summed E-state index contributed by atoms with van der Waals surface area (Å²) in [7, 11) is 0. The van der Waals surface area contributed by atoms with Crippen LogP contribution in [-0.2, 0) is 6.42 Å². The summed E-state index contributed by atoms with van der Waals surface area (Å²) < 4.78 is 19.5. The number of hydrogen-bond acceptors (Lipinski definition) is 2. The minimum absolute atomic E-state index is 0.337. The van der Waals surface area contributed by atoms with E-state index < -0.39 is 0 Å². The van der Waals surface area contributed by atoms with E-state index in [-0.39, 0.29) is 5.82 Å². The second-order valence-electron chi connectivity index (χ2n) is 4.95. The third-order valence-corrected chi connectivity index (χ3v) is 3.34. The Morgan fingerprint density at radius 2 is 2.10 bits per heavy atom. The zero-order valence-electron chi connectivity index (χ0n) is 11.7. The molecule has 2 rings (SSSR count). The number of halogens is 2. The van der Waals surface area contributed by atoms with Gasteiger partial charge in [-0.15, -0.1) is 0 Å². The monoisotopic (exact) mass is 295 g/mol. The molecular weight excluding hydrogens is 277 g/mol. The molecule has 0 aliphatic rings. The fraction of sp³-hybridized carbons (Fsp3) is 0.375. The van der Waals surface area contributed by atoms with Crippen molar-refractivity contribution in [2.24, 2.45) is 0 Å². The van der Waals surface area contributed by atoms with Crippen LogP contribution in [0.25, 0.3) is 11.3 Å². The average molecular weight is 296 g/mol. The van der Waals surface area contributed by atoms with Gasteiger partial charge in [0.15, 0.2) is 0 Å². The first kappa shape index (κ1) is 15.1. The fourth-order valence-electron chi connectivity index (χ4n) is 2.09. The highest BCUT2D eigenvalue weighted by molar-refractivity contribution is 6.30. The van der Waals surface area contributed by atoms with E-state index >= 15 is 0 Å². The summed E-state index contributed by atoms with van der Waals surface area (Å²) in [6.45, 7) is 5.23. The lowest BCUT2D eigenvalue weighted by Crippen LogP contribution is -2.28. The molecule has 0 spiro atoms. The number of hydrogen-bond donors (Lipinski definition) is 1. The van der Waals surface area contributed by atoms with Crippen molar-refractivity contribution in [1.82, 2.24) is 5.32 Å². The van der Waals surface area contributed by atoms with Gasteiger partial charge in [-0.25, -0.2) is 4.39 Å². The van der Waals surface area contributed by atoms with Crippen LogP contribution in [0.2, 0.25) is 5.02 Å². The molecule has 0 saturated carbocycles. The maximum Gasteiger partial charge on any atom is 0.137 e. The summed E-state index contributed by atoms with van der Waals surface area (Å²) in [5.41, 5.74) is 0.440. The minimum Gasteiger partial charge on any atom is -0.461 e. The predicted molar refractivity (Wildman–Crippen MR) is 80.6 cm³/mol. The van der Waals surface area contributed by atoms with Crippen LogP contribution >= 0.6 is 11.6 Å². The molecule has 0 aliphatic heterocycles. The van der Waals surface area contributed by atoms with E-state index in [4.69, 9.17) is 16.0 Å². The normalized spacial score (nSPS) is 12.6. The number of rotatable bonds is 6. The zero-order valence-corrected chi connectivity index (χ0v) is 12.5. The van der Waals surface area contributed by atoms with Gasteiger partial charge in [-0.2, -0.15) is 0 Å². The minimum atomic E-state index is -0.365. The molecule has 1 aromatic heterocycles. The molecule has 2 nitrogen and oxygen atoms in total. The Balaban J connectivity index is 2.08. The third-order valence-electron chi connectivity index (χ3n) is 3.11. The summed E-state index contributed by atoms with van der Waals surface area (Å²) in [6, 6.07) is 8.63. The molecule has 0 fully saturated rings. The Labute approximate surface area is 123 Å². The van der Waals surface area contributed by atoms with E-state index in [2.05, 4.69) is 19.2 Å². The van der Waals surface area contributed by atoms with Crippen molar-refractivity contribution >= 4 is 11.6 Å². The number of nitrogens with one attached hydrogen (secondary N) is 1. The first-order valence-electron chi connectivity index (χ1n) is 6.87. The summed E-state index contributed by atoms with van der Waals surface area (Å²) in [6.07, 6.45) is 1.89. The lowest BCUT2D eigenvalue weighted by molar-refractivity contribution is 0.462. The van der Waals surface area contributed by atoms with E-state index in [0.29, 0.717) is 22.4 Å². The maximum atomic E-state index is 13.8. The molecule has 4 heteroatoms. The highest BCUT2D eigenvalue weighted by atomic mass is 35.5. The van der Waals surface area contributed by atoms with Crippen molar-refractivity contribution in [3.05, 3.63) is 46.9 Å². The summed E-state index contributed by atoms with van der Waals surface area (Å²) >= 11 is 5.75. The summed E-state index contributed by atoms with van der Waals surface area (Å²) in [5, 5.41) is 3.78. The predicted octanol–water partition coefficient (Wildman–Crippen LogP) is 4.67. The Morgan fingerprint density at radius 3 is 2.80 bits per heavy atom. The van der Waals surface area contributed by atoms with Crippen molar-refractivity contribution in [3.8, 4) is 11.3 Å². The van der Waals surface area contributed by atoms with Gasteiger partial charge in [0, 0.05) is 17.5 Å². The van der Waals surface area contributed by atoms with Crippen LogP contribution in [0.1, 0.15) is 26.0 Å². The molecule has 1 unspecified atom stereocenters. The van der Waals surface area contributed by atoms with Crippen molar-refractivity contribution in [2.45, 2.75) is 32.7 Å². The molecular formula is C16H19ClFNO. The molecule has 0 bridgehead atoms. The largest absolute Gasteiger partial charge is 0.461 e. The number of benzene rings is 1.